The van der Waals surface area contributed by atoms with Gasteiger partial charge in [-0.25, -0.2) is 0 Å². The molecule has 3 heterocycles. The lowest BCUT2D eigenvalue weighted by Gasteiger charge is -2.36. The van der Waals surface area contributed by atoms with Crippen molar-refractivity contribution >= 4 is 17.9 Å². The first kappa shape index (κ1) is 22.4. The second-order valence-corrected chi connectivity index (χ2v) is 8.90. The quantitative estimate of drug-likeness (QED) is 0.605. The molecule has 2 aliphatic heterocycles. The third-order valence-electron chi connectivity index (χ3n) is 6.77. The summed E-state index contributed by atoms with van der Waals surface area (Å²) in [7, 11) is 0. The van der Waals surface area contributed by atoms with Crippen LogP contribution in [0.3, 0.4) is 0 Å². The number of rotatable bonds is 5. The molecule has 4 rings (SSSR count). The van der Waals surface area contributed by atoms with E-state index >= 15 is 0 Å². The number of amides is 2. The Balaban J connectivity index is 1.37. The van der Waals surface area contributed by atoms with Crippen LogP contribution in [-0.4, -0.2) is 41.2 Å². The van der Waals surface area contributed by atoms with Crippen LogP contribution < -0.4 is 0 Å². The predicted octanol–water partition coefficient (Wildman–Crippen LogP) is 5.24. The van der Waals surface area contributed by atoms with Crippen molar-refractivity contribution in [2.45, 2.75) is 57.9 Å². The van der Waals surface area contributed by atoms with Gasteiger partial charge in [0.1, 0.15) is 11.5 Å². The minimum Gasteiger partial charge on any atom is -0.464 e. The Morgan fingerprint density at radius 3 is 2.47 bits per heavy atom. The van der Waals surface area contributed by atoms with E-state index in [-0.39, 0.29) is 23.8 Å². The van der Waals surface area contributed by atoms with Gasteiger partial charge in [0.2, 0.25) is 11.8 Å². The normalized spacial score (nSPS) is 20.5. The second kappa shape index (κ2) is 10.7. The summed E-state index contributed by atoms with van der Waals surface area (Å²) in [4.78, 5) is 30.1. The van der Waals surface area contributed by atoms with Gasteiger partial charge in [-0.2, -0.15) is 0 Å². The highest BCUT2D eigenvalue weighted by molar-refractivity contribution is 5.92. The van der Waals surface area contributed by atoms with E-state index in [1.165, 1.54) is 0 Å². The van der Waals surface area contributed by atoms with E-state index in [0.29, 0.717) is 13.1 Å². The van der Waals surface area contributed by atoms with Crippen LogP contribution in [0.4, 0.5) is 0 Å². The first-order valence-electron chi connectivity index (χ1n) is 12.1. The summed E-state index contributed by atoms with van der Waals surface area (Å²) in [6.07, 6.45) is 10.1. The number of hydrogen-bond donors (Lipinski definition) is 0. The molecule has 0 aliphatic carbocycles. The van der Waals surface area contributed by atoms with Gasteiger partial charge in [-0.3, -0.25) is 9.59 Å². The molecule has 0 saturated carbocycles. The SMILES string of the molecule is CCc1ccc(C2CCCCCN2C(=O)C2CCN(C(=O)C=Cc3ccccc3)CC2)o1. The highest BCUT2D eigenvalue weighted by atomic mass is 16.3. The number of benzene rings is 1. The van der Waals surface area contributed by atoms with Crippen LogP contribution in [0, 0.1) is 5.92 Å². The highest BCUT2D eigenvalue weighted by Crippen LogP contribution is 2.34. The molecule has 2 aliphatic rings. The number of piperidine rings is 1. The second-order valence-electron chi connectivity index (χ2n) is 8.90. The van der Waals surface area contributed by atoms with Crippen LogP contribution >= 0.6 is 0 Å². The van der Waals surface area contributed by atoms with Gasteiger partial charge in [-0.1, -0.05) is 50.1 Å². The Bertz CT molecular complexity index is 925. The Morgan fingerprint density at radius 2 is 1.75 bits per heavy atom. The van der Waals surface area contributed by atoms with E-state index in [0.717, 1.165) is 68.6 Å². The van der Waals surface area contributed by atoms with Crippen molar-refractivity contribution in [3.63, 3.8) is 0 Å². The molecule has 5 heteroatoms. The summed E-state index contributed by atoms with van der Waals surface area (Å²) < 4.78 is 6.05. The monoisotopic (exact) mass is 434 g/mol. The number of nitrogens with zero attached hydrogens (tertiary/aromatic N) is 2. The zero-order chi connectivity index (χ0) is 22.3. The molecule has 32 heavy (non-hydrogen) atoms. The maximum atomic E-state index is 13.5. The third kappa shape index (κ3) is 5.32. The molecule has 1 atom stereocenters. The number of carbonyl (C=O) groups excluding carboxylic acids is 2. The van der Waals surface area contributed by atoms with E-state index in [1.807, 2.05) is 47.4 Å². The fourth-order valence-electron chi connectivity index (χ4n) is 4.85. The van der Waals surface area contributed by atoms with Gasteiger partial charge >= 0.3 is 0 Å². The minimum absolute atomic E-state index is 0.0154. The summed E-state index contributed by atoms with van der Waals surface area (Å²) in [6.45, 7) is 4.15. The third-order valence-corrected chi connectivity index (χ3v) is 6.77. The van der Waals surface area contributed by atoms with E-state index < -0.39 is 0 Å². The summed E-state index contributed by atoms with van der Waals surface area (Å²) in [6, 6.07) is 14.0. The molecule has 0 radical (unpaired) electrons. The van der Waals surface area contributed by atoms with Gasteiger partial charge in [-0.05, 0) is 49.5 Å². The van der Waals surface area contributed by atoms with Crippen molar-refractivity contribution in [1.29, 1.82) is 0 Å². The summed E-state index contributed by atoms with van der Waals surface area (Å²) in [5.74, 6) is 2.15. The molecule has 1 unspecified atom stereocenters. The van der Waals surface area contributed by atoms with Crippen molar-refractivity contribution in [3.8, 4) is 0 Å². The molecule has 2 aromatic rings. The molecular formula is C27H34N2O3. The largest absolute Gasteiger partial charge is 0.464 e. The minimum atomic E-state index is -0.0154. The molecule has 0 bridgehead atoms. The van der Waals surface area contributed by atoms with Gasteiger partial charge in [0.25, 0.3) is 0 Å². The molecule has 2 saturated heterocycles. The van der Waals surface area contributed by atoms with Crippen molar-refractivity contribution in [2.24, 2.45) is 5.92 Å². The van der Waals surface area contributed by atoms with Gasteiger partial charge in [-0.15, -0.1) is 0 Å². The number of aryl methyl sites for hydroxylation is 1. The van der Waals surface area contributed by atoms with E-state index in [2.05, 4.69) is 17.9 Å². The first-order valence-corrected chi connectivity index (χ1v) is 12.1. The van der Waals surface area contributed by atoms with Crippen molar-refractivity contribution in [3.05, 3.63) is 65.6 Å². The molecule has 0 spiro atoms. The average Bonchev–Trinajstić information content (AvgIpc) is 3.19. The molecular weight excluding hydrogens is 400 g/mol. The molecule has 1 aromatic carbocycles. The smallest absolute Gasteiger partial charge is 0.246 e. The molecule has 2 fully saturated rings. The lowest BCUT2D eigenvalue weighted by atomic mass is 9.94. The predicted molar refractivity (Wildman–Crippen MR) is 126 cm³/mol. The van der Waals surface area contributed by atoms with Gasteiger partial charge in [0.15, 0.2) is 0 Å². The Labute approximate surface area is 191 Å². The number of hydrogen-bond acceptors (Lipinski definition) is 3. The van der Waals surface area contributed by atoms with Gasteiger partial charge in [0, 0.05) is 38.0 Å². The molecule has 1 aromatic heterocycles. The lowest BCUT2D eigenvalue weighted by molar-refractivity contribution is -0.142. The lowest BCUT2D eigenvalue weighted by Crippen LogP contribution is -2.45. The van der Waals surface area contributed by atoms with Crippen molar-refractivity contribution < 1.29 is 14.0 Å². The number of furan rings is 1. The van der Waals surface area contributed by atoms with Gasteiger partial charge in [0.05, 0.1) is 6.04 Å². The van der Waals surface area contributed by atoms with Crippen LogP contribution in [0.1, 0.15) is 68.6 Å². The fourth-order valence-corrected chi connectivity index (χ4v) is 4.85. The van der Waals surface area contributed by atoms with Crippen molar-refractivity contribution in [1.82, 2.24) is 9.80 Å². The Morgan fingerprint density at radius 1 is 0.969 bits per heavy atom. The van der Waals surface area contributed by atoms with Crippen LogP contribution in [-0.2, 0) is 16.0 Å². The number of carbonyl (C=O) groups is 2. The summed E-state index contributed by atoms with van der Waals surface area (Å²) >= 11 is 0. The highest BCUT2D eigenvalue weighted by Gasteiger charge is 2.35. The van der Waals surface area contributed by atoms with Crippen LogP contribution in [0.2, 0.25) is 0 Å². The van der Waals surface area contributed by atoms with Crippen LogP contribution in [0.5, 0.6) is 0 Å². The van der Waals surface area contributed by atoms with Crippen LogP contribution in [0.15, 0.2) is 53.0 Å². The zero-order valence-corrected chi connectivity index (χ0v) is 19.0. The summed E-state index contributed by atoms with van der Waals surface area (Å²) in [5.41, 5.74) is 1.02. The molecule has 2 amide bonds. The maximum Gasteiger partial charge on any atom is 0.246 e. The Hall–Kier alpha value is -2.82. The van der Waals surface area contributed by atoms with E-state index in [1.54, 1.807) is 6.08 Å². The maximum absolute atomic E-state index is 13.5. The molecule has 170 valence electrons. The summed E-state index contributed by atoms with van der Waals surface area (Å²) in [5, 5.41) is 0. The molecule has 5 nitrogen and oxygen atoms in total. The van der Waals surface area contributed by atoms with Crippen molar-refractivity contribution in [2.75, 3.05) is 19.6 Å². The van der Waals surface area contributed by atoms with Crippen LogP contribution in [0.25, 0.3) is 6.08 Å². The first-order chi connectivity index (χ1) is 15.7. The Kier molecular flexibility index (Phi) is 7.46. The average molecular weight is 435 g/mol. The van der Waals surface area contributed by atoms with E-state index in [4.69, 9.17) is 4.42 Å². The standard InChI is InChI=1S/C27H34N2O3/c1-2-23-13-14-25(32-23)24-11-7-4-8-18-29(24)27(31)22-16-19-28(20-17-22)26(30)15-12-21-9-5-3-6-10-21/h3,5-6,9-10,12-15,22,24H,2,4,7-8,11,16-20H2,1H3. The molecule has 0 N–H and O–H groups in total. The topological polar surface area (TPSA) is 53.8 Å². The fraction of sp³-hybridized carbons (Fsp3) is 0.481. The van der Waals surface area contributed by atoms with E-state index in [9.17, 15) is 9.59 Å². The zero-order valence-electron chi connectivity index (χ0n) is 19.0. The van der Waals surface area contributed by atoms with Gasteiger partial charge < -0.3 is 14.2 Å². The number of likely N-dealkylation sites (tertiary alicyclic amines) is 2.